The van der Waals surface area contributed by atoms with Crippen LogP contribution in [0.25, 0.3) is 11.3 Å². The maximum Gasteiger partial charge on any atom is 0.254 e. The second kappa shape index (κ2) is 6.79. The summed E-state index contributed by atoms with van der Waals surface area (Å²) in [7, 11) is 1.71. The standard InChI is InChI=1S/C19H20N6O2/c1-11-8-15(22-19(20)21-11)13-4-3-5-14(9-13)18(26)25(2)10-16-23-17(24-27-16)12-6-7-12/h3-5,8-9,12H,6-7,10H2,1-2H3,(H2,20,21,22). The molecule has 0 atom stereocenters. The lowest BCUT2D eigenvalue weighted by atomic mass is 10.1. The molecule has 1 aliphatic rings. The van der Waals surface area contributed by atoms with Gasteiger partial charge in [0.1, 0.15) is 0 Å². The zero-order valence-corrected chi connectivity index (χ0v) is 15.2. The number of benzene rings is 1. The smallest absolute Gasteiger partial charge is 0.254 e. The summed E-state index contributed by atoms with van der Waals surface area (Å²) in [6.45, 7) is 2.12. The molecule has 4 rings (SSSR count). The maximum atomic E-state index is 12.8. The Hall–Kier alpha value is -3.29. The Morgan fingerprint density at radius 1 is 1.26 bits per heavy atom. The van der Waals surface area contributed by atoms with E-state index in [1.807, 2.05) is 25.1 Å². The normalized spacial score (nSPS) is 13.6. The van der Waals surface area contributed by atoms with Crippen molar-refractivity contribution in [1.29, 1.82) is 0 Å². The van der Waals surface area contributed by atoms with E-state index >= 15 is 0 Å². The van der Waals surface area contributed by atoms with Crippen LogP contribution in [0.4, 0.5) is 5.95 Å². The lowest BCUT2D eigenvalue weighted by Crippen LogP contribution is -2.26. The summed E-state index contributed by atoms with van der Waals surface area (Å²) < 4.78 is 5.26. The highest BCUT2D eigenvalue weighted by Gasteiger charge is 2.29. The molecule has 0 unspecified atom stereocenters. The third-order valence-corrected chi connectivity index (χ3v) is 4.42. The number of hydrogen-bond donors (Lipinski definition) is 1. The number of aryl methyl sites for hydroxylation is 1. The summed E-state index contributed by atoms with van der Waals surface area (Å²) in [5.41, 5.74) is 8.55. The van der Waals surface area contributed by atoms with Crippen molar-refractivity contribution in [3.05, 3.63) is 53.3 Å². The molecule has 2 N–H and O–H groups in total. The largest absolute Gasteiger partial charge is 0.368 e. The first-order chi connectivity index (χ1) is 13.0. The Bertz CT molecular complexity index is 975. The number of nitrogen functional groups attached to an aromatic ring is 1. The van der Waals surface area contributed by atoms with Crippen molar-refractivity contribution >= 4 is 11.9 Å². The van der Waals surface area contributed by atoms with Crippen LogP contribution in [0.15, 0.2) is 34.9 Å². The van der Waals surface area contributed by atoms with Gasteiger partial charge in [0.05, 0.1) is 12.2 Å². The molecule has 1 aliphatic carbocycles. The Labute approximate surface area is 156 Å². The van der Waals surface area contributed by atoms with E-state index in [-0.39, 0.29) is 18.4 Å². The number of anilines is 1. The van der Waals surface area contributed by atoms with Gasteiger partial charge in [-0.3, -0.25) is 4.79 Å². The first-order valence-corrected chi connectivity index (χ1v) is 8.79. The molecule has 3 aromatic rings. The van der Waals surface area contributed by atoms with Crippen LogP contribution < -0.4 is 5.73 Å². The molecule has 0 saturated heterocycles. The zero-order chi connectivity index (χ0) is 19.0. The molecule has 1 saturated carbocycles. The number of nitrogens with zero attached hydrogens (tertiary/aromatic N) is 5. The summed E-state index contributed by atoms with van der Waals surface area (Å²) in [4.78, 5) is 27.1. The van der Waals surface area contributed by atoms with Gasteiger partial charge in [0.15, 0.2) is 5.82 Å². The predicted octanol–water partition coefficient (Wildman–Crippen LogP) is 2.57. The van der Waals surface area contributed by atoms with Crippen molar-refractivity contribution in [2.45, 2.75) is 32.2 Å². The van der Waals surface area contributed by atoms with Crippen molar-refractivity contribution in [3.63, 3.8) is 0 Å². The molecule has 1 aromatic carbocycles. The first-order valence-electron chi connectivity index (χ1n) is 8.79. The molecule has 1 amide bonds. The Kier molecular flexibility index (Phi) is 4.31. The predicted molar refractivity (Wildman–Crippen MR) is 98.7 cm³/mol. The number of carbonyl (C=O) groups is 1. The van der Waals surface area contributed by atoms with Gasteiger partial charge >= 0.3 is 0 Å². The summed E-state index contributed by atoms with van der Waals surface area (Å²) in [5.74, 6) is 1.68. The van der Waals surface area contributed by atoms with E-state index in [1.54, 1.807) is 24.1 Å². The van der Waals surface area contributed by atoms with E-state index in [0.29, 0.717) is 23.1 Å². The third-order valence-electron chi connectivity index (χ3n) is 4.42. The van der Waals surface area contributed by atoms with Crippen molar-refractivity contribution < 1.29 is 9.32 Å². The molecule has 0 radical (unpaired) electrons. The molecule has 27 heavy (non-hydrogen) atoms. The van der Waals surface area contributed by atoms with E-state index < -0.39 is 0 Å². The van der Waals surface area contributed by atoms with E-state index in [9.17, 15) is 4.79 Å². The number of hydrogen-bond acceptors (Lipinski definition) is 7. The van der Waals surface area contributed by atoms with Crippen LogP contribution in [0.5, 0.6) is 0 Å². The monoisotopic (exact) mass is 364 g/mol. The molecule has 8 heteroatoms. The highest BCUT2D eigenvalue weighted by atomic mass is 16.5. The highest BCUT2D eigenvalue weighted by Crippen LogP contribution is 2.38. The summed E-state index contributed by atoms with van der Waals surface area (Å²) >= 11 is 0. The topological polar surface area (TPSA) is 111 Å². The van der Waals surface area contributed by atoms with Gasteiger partial charge in [-0.05, 0) is 38.0 Å². The molecule has 2 heterocycles. The fraction of sp³-hybridized carbons (Fsp3) is 0.316. The van der Waals surface area contributed by atoms with Crippen LogP contribution >= 0.6 is 0 Å². The van der Waals surface area contributed by atoms with Crippen molar-refractivity contribution in [2.75, 3.05) is 12.8 Å². The number of amides is 1. The second-order valence-corrected chi connectivity index (χ2v) is 6.82. The minimum absolute atomic E-state index is 0.137. The lowest BCUT2D eigenvalue weighted by molar-refractivity contribution is 0.0769. The molecule has 0 aliphatic heterocycles. The summed E-state index contributed by atoms with van der Waals surface area (Å²) in [6.07, 6.45) is 2.21. The van der Waals surface area contributed by atoms with Crippen LogP contribution in [-0.4, -0.2) is 38.0 Å². The molecule has 1 fully saturated rings. The lowest BCUT2D eigenvalue weighted by Gasteiger charge is -2.15. The summed E-state index contributed by atoms with van der Waals surface area (Å²) in [5, 5.41) is 3.98. The van der Waals surface area contributed by atoms with Crippen LogP contribution in [0.2, 0.25) is 0 Å². The van der Waals surface area contributed by atoms with Gasteiger partial charge in [0, 0.05) is 29.8 Å². The molecule has 2 aromatic heterocycles. The number of carbonyl (C=O) groups excluding carboxylic acids is 1. The molecular weight excluding hydrogens is 344 g/mol. The van der Waals surface area contributed by atoms with E-state index in [2.05, 4.69) is 20.1 Å². The van der Waals surface area contributed by atoms with Gasteiger partial charge in [-0.25, -0.2) is 9.97 Å². The molecule has 8 nitrogen and oxygen atoms in total. The van der Waals surface area contributed by atoms with Gasteiger partial charge in [-0.2, -0.15) is 4.98 Å². The molecule has 0 spiro atoms. The Morgan fingerprint density at radius 2 is 2.07 bits per heavy atom. The van der Waals surface area contributed by atoms with Crippen LogP contribution in [0.1, 0.15) is 46.5 Å². The van der Waals surface area contributed by atoms with Gasteiger partial charge in [0.2, 0.25) is 11.8 Å². The molecular formula is C19H20N6O2. The van der Waals surface area contributed by atoms with Crippen molar-refractivity contribution in [3.8, 4) is 11.3 Å². The minimum Gasteiger partial charge on any atom is -0.368 e. The van der Waals surface area contributed by atoms with Gasteiger partial charge < -0.3 is 15.2 Å². The summed E-state index contributed by atoms with van der Waals surface area (Å²) in [6, 6.07) is 9.11. The van der Waals surface area contributed by atoms with E-state index in [0.717, 1.165) is 29.9 Å². The van der Waals surface area contributed by atoms with E-state index in [4.69, 9.17) is 10.3 Å². The molecule has 0 bridgehead atoms. The first kappa shape index (κ1) is 17.1. The fourth-order valence-corrected chi connectivity index (χ4v) is 2.89. The zero-order valence-electron chi connectivity index (χ0n) is 15.2. The number of aromatic nitrogens is 4. The number of nitrogens with two attached hydrogens (primary N) is 1. The second-order valence-electron chi connectivity index (χ2n) is 6.82. The average Bonchev–Trinajstić information content (AvgIpc) is 3.40. The SMILES string of the molecule is Cc1cc(-c2cccc(C(=O)N(C)Cc3nc(C4CC4)no3)c2)nc(N)n1. The Balaban J connectivity index is 1.52. The average molecular weight is 364 g/mol. The Morgan fingerprint density at radius 3 is 2.81 bits per heavy atom. The van der Waals surface area contributed by atoms with E-state index in [1.165, 1.54) is 0 Å². The van der Waals surface area contributed by atoms with Gasteiger partial charge in [-0.1, -0.05) is 17.3 Å². The maximum absolute atomic E-state index is 12.8. The van der Waals surface area contributed by atoms with Crippen LogP contribution in [0.3, 0.4) is 0 Å². The third kappa shape index (κ3) is 3.79. The van der Waals surface area contributed by atoms with Gasteiger partial charge in [0.25, 0.3) is 5.91 Å². The minimum atomic E-state index is -0.137. The van der Waals surface area contributed by atoms with Crippen molar-refractivity contribution in [2.24, 2.45) is 0 Å². The number of rotatable bonds is 5. The quantitative estimate of drug-likeness (QED) is 0.740. The van der Waals surface area contributed by atoms with Gasteiger partial charge in [-0.15, -0.1) is 0 Å². The van der Waals surface area contributed by atoms with Crippen molar-refractivity contribution in [1.82, 2.24) is 25.0 Å². The molecule has 138 valence electrons. The van der Waals surface area contributed by atoms with Crippen LogP contribution in [-0.2, 0) is 6.54 Å². The highest BCUT2D eigenvalue weighted by molar-refractivity contribution is 5.95. The fourth-order valence-electron chi connectivity index (χ4n) is 2.89. The van der Waals surface area contributed by atoms with Crippen LogP contribution in [0, 0.1) is 6.92 Å².